The second-order valence-electron chi connectivity index (χ2n) is 7.35. The number of fused-ring (bicyclic) bond motifs is 2. The highest BCUT2D eigenvalue weighted by molar-refractivity contribution is 6.10. The van der Waals surface area contributed by atoms with E-state index in [2.05, 4.69) is 16.8 Å². The highest BCUT2D eigenvalue weighted by Gasteiger charge is 2.40. The molecule has 2 amide bonds. The molecule has 1 N–H and O–H groups in total. The average molecular weight is 339 g/mol. The van der Waals surface area contributed by atoms with Crippen molar-refractivity contribution in [2.45, 2.75) is 50.7 Å². The van der Waals surface area contributed by atoms with Crippen LogP contribution in [0.25, 0.3) is 5.70 Å². The summed E-state index contributed by atoms with van der Waals surface area (Å²) in [6, 6.07) is 7.52. The van der Waals surface area contributed by atoms with E-state index in [1.54, 1.807) is 13.0 Å². The maximum absolute atomic E-state index is 12.8. The summed E-state index contributed by atoms with van der Waals surface area (Å²) in [6.07, 6.45) is 4.64. The summed E-state index contributed by atoms with van der Waals surface area (Å²) >= 11 is 0. The number of nitrogens with zero attached hydrogens (tertiary/aromatic N) is 2. The van der Waals surface area contributed by atoms with Gasteiger partial charge in [-0.1, -0.05) is 31.2 Å². The second-order valence-corrected chi connectivity index (χ2v) is 7.35. The van der Waals surface area contributed by atoms with Gasteiger partial charge in [0.2, 0.25) is 5.91 Å². The zero-order valence-electron chi connectivity index (χ0n) is 14.7. The third kappa shape index (κ3) is 2.67. The van der Waals surface area contributed by atoms with Gasteiger partial charge in [0.15, 0.2) is 0 Å². The molecule has 132 valence electrons. The van der Waals surface area contributed by atoms with Gasteiger partial charge in [-0.25, -0.2) is 0 Å². The van der Waals surface area contributed by atoms with Crippen LogP contribution in [-0.2, 0) is 4.79 Å². The minimum atomic E-state index is -0.551. The maximum Gasteiger partial charge on any atom is 0.259 e. The molecule has 2 saturated heterocycles. The smallest absolute Gasteiger partial charge is 0.259 e. The largest absolute Gasteiger partial charge is 0.350 e. The van der Waals surface area contributed by atoms with Gasteiger partial charge in [0, 0.05) is 35.5 Å². The molecule has 25 heavy (non-hydrogen) atoms. The molecule has 0 radical (unpaired) electrons. The summed E-state index contributed by atoms with van der Waals surface area (Å²) in [4.78, 5) is 29.6. The summed E-state index contributed by atoms with van der Waals surface area (Å²) in [5, 5.41) is 3.21. The van der Waals surface area contributed by atoms with Gasteiger partial charge in [-0.2, -0.15) is 0 Å². The van der Waals surface area contributed by atoms with Gasteiger partial charge in [-0.3, -0.25) is 19.4 Å². The predicted molar refractivity (Wildman–Crippen MR) is 96.9 cm³/mol. The van der Waals surface area contributed by atoms with Crippen LogP contribution in [0.3, 0.4) is 0 Å². The molecular weight excluding hydrogens is 314 g/mol. The van der Waals surface area contributed by atoms with E-state index >= 15 is 0 Å². The van der Waals surface area contributed by atoms with E-state index in [0.717, 1.165) is 31.5 Å². The molecule has 4 rings (SSSR count). The van der Waals surface area contributed by atoms with Crippen LogP contribution in [0.2, 0.25) is 0 Å². The molecule has 5 nitrogen and oxygen atoms in total. The van der Waals surface area contributed by atoms with E-state index in [1.165, 1.54) is 17.7 Å². The summed E-state index contributed by atoms with van der Waals surface area (Å²) in [5.74, 6) is -0.214. The number of carbonyl (C=O) groups is 2. The van der Waals surface area contributed by atoms with Crippen LogP contribution in [0.1, 0.15) is 48.5 Å². The molecule has 0 spiro atoms. The summed E-state index contributed by atoms with van der Waals surface area (Å²) in [7, 11) is 0. The fraction of sp³-hybridized carbons (Fsp3) is 0.500. The lowest BCUT2D eigenvalue weighted by Gasteiger charge is -2.33. The monoisotopic (exact) mass is 339 g/mol. The number of amides is 2. The van der Waals surface area contributed by atoms with E-state index in [0.29, 0.717) is 17.3 Å². The van der Waals surface area contributed by atoms with Crippen molar-refractivity contribution in [3.8, 4) is 0 Å². The first-order chi connectivity index (χ1) is 12.1. The number of hydrogen-bond donors (Lipinski definition) is 1. The van der Waals surface area contributed by atoms with Gasteiger partial charge < -0.3 is 5.32 Å². The summed E-state index contributed by atoms with van der Waals surface area (Å²) in [6.45, 7) is 8.04. The summed E-state index contributed by atoms with van der Waals surface area (Å²) in [5.41, 5.74) is 2.08. The fourth-order valence-electron chi connectivity index (χ4n) is 4.55. The number of benzene rings is 1. The lowest BCUT2D eigenvalue weighted by molar-refractivity contribution is -0.125. The molecular formula is C20H25N3O2. The lowest BCUT2D eigenvalue weighted by atomic mass is 9.99. The van der Waals surface area contributed by atoms with Crippen LogP contribution in [-0.4, -0.2) is 52.8 Å². The zero-order chi connectivity index (χ0) is 17.6. The average Bonchev–Trinajstić information content (AvgIpc) is 3.15. The van der Waals surface area contributed by atoms with E-state index in [4.69, 9.17) is 0 Å². The van der Waals surface area contributed by atoms with Gasteiger partial charge in [-0.05, 0) is 38.8 Å². The number of nitrogens with one attached hydrogen (secondary N) is 1. The molecule has 0 aliphatic carbocycles. The Labute approximate surface area is 148 Å². The lowest BCUT2D eigenvalue weighted by Crippen LogP contribution is -2.52. The molecule has 5 heteroatoms. The Hall–Kier alpha value is -2.14. The van der Waals surface area contributed by atoms with Crippen LogP contribution >= 0.6 is 0 Å². The highest BCUT2D eigenvalue weighted by atomic mass is 16.2. The molecule has 0 unspecified atom stereocenters. The first-order valence-corrected chi connectivity index (χ1v) is 9.24. The molecule has 0 bridgehead atoms. The molecule has 0 saturated carbocycles. The van der Waals surface area contributed by atoms with Gasteiger partial charge in [0.1, 0.15) is 6.04 Å². The van der Waals surface area contributed by atoms with Crippen LogP contribution < -0.4 is 5.32 Å². The van der Waals surface area contributed by atoms with Gasteiger partial charge in [0.25, 0.3) is 5.91 Å². The summed E-state index contributed by atoms with van der Waals surface area (Å²) < 4.78 is 0. The van der Waals surface area contributed by atoms with Crippen molar-refractivity contribution in [1.82, 2.24) is 15.1 Å². The van der Waals surface area contributed by atoms with Crippen LogP contribution in [0, 0.1) is 0 Å². The first kappa shape index (κ1) is 16.3. The minimum Gasteiger partial charge on any atom is -0.350 e. The molecule has 3 heterocycles. The first-order valence-electron chi connectivity index (χ1n) is 9.24. The van der Waals surface area contributed by atoms with Crippen molar-refractivity contribution in [2.75, 3.05) is 13.1 Å². The molecule has 0 aromatic heterocycles. The predicted octanol–water partition coefficient (Wildman–Crippen LogP) is 2.24. The van der Waals surface area contributed by atoms with Crippen molar-refractivity contribution >= 4 is 17.5 Å². The van der Waals surface area contributed by atoms with E-state index in [1.807, 2.05) is 18.2 Å². The van der Waals surface area contributed by atoms with Crippen molar-refractivity contribution in [3.05, 3.63) is 42.0 Å². The number of carbonyl (C=O) groups excluding carboxylic acids is 2. The third-order valence-electron chi connectivity index (χ3n) is 5.93. The number of piperidine rings is 1. The van der Waals surface area contributed by atoms with E-state index in [-0.39, 0.29) is 17.9 Å². The van der Waals surface area contributed by atoms with Crippen molar-refractivity contribution in [2.24, 2.45) is 0 Å². The Bertz CT molecular complexity index is 694. The fourth-order valence-corrected chi connectivity index (χ4v) is 4.55. The minimum absolute atomic E-state index is 0.0836. The van der Waals surface area contributed by atoms with Crippen LogP contribution in [0.4, 0.5) is 0 Å². The highest BCUT2D eigenvalue weighted by Crippen LogP contribution is 2.33. The van der Waals surface area contributed by atoms with Gasteiger partial charge >= 0.3 is 0 Å². The van der Waals surface area contributed by atoms with Crippen molar-refractivity contribution in [1.29, 1.82) is 0 Å². The molecule has 2 fully saturated rings. The van der Waals surface area contributed by atoms with E-state index < -0.39 is 6.04 Å². The Kier molecular flexibility index (Phi) is 4.12. The quantitative estimate of drug-likeness (QED) is 0.919. The Morgan fingerprint density at radius 1 is 1.20 bits per heavy atom. The number of rotatable bonds is 3. The van der Waals surface area contributed by atoms with Crippen molar-refractivity contribution in [3.63, 3.8) is 0 Å². The van der Waals surface area contributed by atoms with Gasteiger partial charge in [-0.15, -0.1) is 0 Å². The Morgan fingerprint density at radius 3 is 2.72 bits per heavy atom. The topological polar surface area (TPSA) is 52.7 Å². The van der Waals surface area contributed by atoms with Crippen LogP contribution in [0.5, 0.6) is 0 Å². The maximum atomic E-state index is 12.8. The molecule has 3 atom stereocenters. The molecule has 1 aromatic carbocycles. The molecule has 1 aromatic rings. The van der Waals surface area contributed by atoms with Crippen LogP contribution in [0.15, 0.2) is 30.8 Å². The molecule has 3 aliphatic heterocycles. The van der Waals surface area contributed by atoms with E-state index in [9.17, 15) is 9.59 Å². The zero-order valence-corrected chi connectivity index (χ0v) is 14.7. The standard InChI is InChI=1S/C20H25N3O2/c1-13-15-7-3-4-8-16(15)20(25)23(13)14(2)19(24)21-17-10-12-22-11-6-5-9-18(17)22/h3-4,7-8,14,17-18H,1,5-6,9-12H2,2H3,(H,21,24)/t14-,17-,18-/m1/s1. The molecule has 3 aliphatic rings. The Morgan fingerprint density at radius 2 is 1.96 bits per heavy atom. The van der Waals surface area contributed by atoms with Gasteiger partial charge in [0.05, 0.1) is 0 Å². The SMILES string of the molecule is C=C1c2ccccc2C(=O)N1[C@H](C)C(=O)N[C@@H]1CCN2CCCC[C@H]12. The third-order valence-corrected chi connectivity index (χ3v) is 5.93. The Balaban J connectivity index is 1.46. The number of hydrogen-bond acceptors (Lipinski definition) is 3. The normalized spacial score (nSPS) is 27.2. The van der Waals surface area contributed by atoms with Crippen molar-refractivity contribution < 1.29 is 9.59 Å². The second kappa shape index (κ2) is 6.30.